The number of rotatable bonds is 4. The zero-order valence-electron chi connectivity index (χ0n) is 9.63. The fourth-order valence-electron chi connectivity index (χ4n) is 1.26. The van der Waals surface area contributed by atoms with Crippen molar-refractivity contribution in [3.63, 3.8) is 0 Å². The largest absolute Gasteiger partial charge is 0.493 e. The van der Waals surface area contributed by atoms with Crippen LogP contribution in [0.4, 0.5) is 0 Å². The fraction of sp³-hybridized carbons (Fsp3) is 0.500. The van der Waals surface area contributed by atoms with Crippen molar-refractivity contribution in [1.29, 1.82) is 0 Å². The number of ether oxygens (including phenoxy) is 2. The van der Waals surface area contributed by atoms with Gasteiger partial charge < -0.3 is 9.47 Å². The van der Waals surface area contributed by atoms with E-state index in [2.05, 4.69) is 40.8 Å². The van der Waals surface area contributed by atoms with Gasteiger partial charge >= 0.3 is 0 Å². The summed E-state index contributed by atoms with van der Waals surface area (Å²) >= 11 is 2.27. The van der Waals surface area contributed by atoms with E-state index in [1.807, 2.05) is 20.8 Å². The van der Waals surface area contributed by atoms with Gasteiger partial charge in [-0.25, -0.2) is 0 Å². The average Bonchev–Trinajstić information content (AvgIpc) is 2.21. The van der Waals surface area contributed by atoms with Crippen molar-refractivity contribution in [3.05, 3.63) is 27.3 Å². The summed E-state index contributed by atoms with van der Waals surface area (Å²) in [6, 6.07) is 6.18. The molecule has 15 heavy (non-hydrogen) atoms. The summed E-state index contributed by atoms with van der Waals surface area (Å²) in [7, 11) is 1.72. The van der Waals surface area contributed by atoms with E-state index in [-0.39, 0.29) is 5.60 Å². The smallest absolute Gasteiger partial charge is 0.132 e. The fourth-order valence-corrected chi connectivity index (χ4v) is 1.75. The lowest BCUT2D eigenvalue weighted by molar-refractivity contribution is 0.0190. The summed E-state index contributed by atoms with van der Waals surface area (Å²) in [4.78, 5) is 0. The van der Waals surface area contributed by atoms with Crippen molar-refractivity contribution < 1.29 is 9.47 Å². The van der Waals surface area contributed by atoms with Gasteiger partial charge in [0.25, 0.3) is 0 Å². The van der Waals surface area contributed by atoms with Crippen LogP contribution in [-0.4, -0.2) is 13.7 Å². The molecule has 0 radical (unpaired) electrons. The van der Waals surface area contributed by atoms with Crippen molar-refractivity contribution in [2.45, 2.75) is 26.4 Å². The molecule has 2 nitrogen and oxygen atoms in total. The number of hydrogen-bond donors (Lipinski definition) is 0. The second-order valence-corrected chi connectivity index (χ2v) is 4.95. The summed E-state index contributed by atoms with van der Waals surface area (Å²) in [5, 5.41) is 0. The summed E-state index contributed by atoms with van der Waals surface area (Å²) in [5.41, 5.74) is 0.866. The third-order valence-electron chi connectivity index (χ3n) is 2.44. The standard InChI is InChI=1S/C12H17IO2/c1-5-15-11-8-9(6-7-10(11)13)12(2,3)14-4/h6-8H,5H2,1-4H3. The maximum Gasteiger partial charge on any atom is 0.132 e. The molecule has 0 atom stereocenters. The van der Waals surface area contributed by atoms with E-state index >= 15 is 0 Å². The van der Waals surface area contributed by atoms with Gasteiger partial charge in [-0.1, -0.05) is 6.07 Å². The molecule has 0 aromatic heterocycles. The van der Waals surface area contributed by atoms with Crippen LogP contribution < -0.4 is 4.74 Å². The highest BCUT2D eigenvalue weighted by molar-refractivity contribution is 14.1. The Morgan fingerprint density at radius 2 is 2.00 bits per heavy atom. The molecular formula is C12H17IO2. The molecule has 0 saturated carbocycles. The highest BCUT2D eigenvalue weighted by atomic mass is 127. The lowest BCUT2D eigenvalue weighted by atomic mass is 9.98. The molecule has 0 aliphatic rings. The Bertz CT molecular complexity index is 334. The van der Waals surface area contributed by atoms with Crippen LogP contribution in [0.3, 0.4) is 0 Å². The molecule has 0 bridgehead atoms. The molecule has 0 heterocycles. The minimum Gasteiger partial charge on any atom is -0.493 e. The molecule has 0 spiro atoms. The second-order valence-electron chi connectivity index (χ2n) is 3.79. The van der Waals surface area contributed by atoms with Gasteiger partial charge in [0.15, 0.2) is 0 Å². The van der Waals surface area contributed by atoms with Crippen LogP contribution >= 0.6 is 22.6 Å². The van der Waals surface area contributed by atoms with Gasteiger partial charge in [0.05, 0.1) is 15.8 Å². The van der Waals surface area contributed by atoms with E-state index < -0.39 is 0 Å². The Morgan fingerprint density at radius 3 is 2.53 bits per heavy atom. The topological polar surface area (TPSA) is 18.5 Å². The SMILES string of the molecule is CCOc1cc(C(C)(C)OC)ccc1I. The molecule has 0 fully saturated rings. The number of methoxy groups -OCH3 is 1. The number of hydrogen-bond acceptors (Lipinski definition) is 2. The normalized spacial score (nSPS) is 11.5. The highest BCUT2D eigenvalue weighted by Gasteiger charge is 2.20. The molecule has 0 amide bonds. The van der Waals surface area contributed by atoms with Crippen LogP contribution in [0.5, 0.6) is 5.75 Å². The van der Waals surface area contributed by atoms with E-state index in [0.29, 0.717) is 6.61 Å². The van der Waals surface area contributed by atoms with Gasteiger partial charge in [0.1, 0.15) is 5.75 Å². The molecule has 1 rings (SSSR count). The predicted octanol–water partition coefficient (Wildman–Crippen LogP) is 3.57. The molecule has 84 valence electrons. The Balaban J connectivity index is 3.07. The highest BCUT2D eigenvalue weighted by Crippen LogP contribution is 2.30. The Morgan fingerprint density at radius 1 is 1.33 bits per heavy atom. The molecule has 0 aliphatic heterocycles. The Kier molecular flexibility index (Phi) is 4.40. The molecular weight excluding hydrogens is 303 g/mol. The van der Waals surface area contributed by atoms with Crippen LogP contribution in [0, 0.1) is 3.57 Å². The molecule has 1 aromatic rings. The summed E-state index contributed by atoms with van der Waals surface area (Å²) in [6.07, 6.45) is 0. The van der Waals surface area contributed by atoms with E-state index in [0.717, 1.165) is 14.9 Å². The van der Waals surface area contributed by atoms with Gasteiger partial charge in [0.2, 0.25) is 0 Å². The van der Waals surface area contributed by atoms with Crippen molar-refractivity contribution >= 4 is 22.6 Å². The van der Waals surface area contributed by atoms with Gasteiger partial charge in [0, 0.05) is 7.11 Å². The molecule has 0 saturated heterocycles. The molecule has 0 N–H and O–H groups in total. The Hall–Kier alpha value is -0.290. The lowest BCUT2D eigenvalue weighted by Gasteiger charge is -2.24. The maximum atomic E-state index is 5.55. The van der Waals surface area contributed by atoms with Gasteiger partial charge in [-0.05, 0) is 61.1 Å². The predicted molar refractivity (Wildman–Crippen MR) is 70.4 cm³/mol. The van der Waals surface area contributed by atoms with Crippen LogP contribution in [0.25, 0.3) is 0 Å². The van der Waals surface area contributed by atoms with Crippen LogP contribution in [0.15, 0.2) is 18.2 Å². The van der Waals surface area contributed by atoms with E-state index in [9.17, 15) is 0 Å². The van der Waals surface area contributed by atoms with E-state index in [1.165, 1.54) is 0 Å². The minimum atomic E-state index is -0.268. The zero-order chi connectivity index (χ0) is 11.5. The van der Waals surface area contributed by atoms with E-state index in [4.69, 9.17) is 9.47 Å². The molecule has 0 unspecified atom stereocenters. The first kappa shape index (κ1) is 12.8. The van der Waals surface area contributed by atoms with Crippen molar-refractivity contribution in [2.24, 2.45) is 0 Å². The van der Waals surface area contributed by atoms with Gasteiger partial charge in [-0.3, -0.25) is 0 Å². The number of halogens is 1. The minimum absolute atomic E-state index is 0.268. The maximum absolute atomic E-state index is 5.55. The van der Waals surface area contributed by atoms with E-state index in [1.54, 1.807) is 7.11 Å². The van der Waals surface area contributed by atoms with Crippen LogP contribution in [0.1, 0.15) is 26.3 Å². The first-order chi connectivity index (χ1) is 7.01. The third kappa shape index (κ3) is 3.08. The Labute approximate surface area is 105 Å². The monoisotopic (exact) mass is 320 g/mol. The van der Waals surface area contributed by atoms with Gasteiger partial charge in [-0.2, -0.15) is 0 Å². The lowest BCUT2D eigenvalue weighted by Crippen LogP contribution is -2.19. The number of benzene rings is 1. The molecule has 3 heteroatoms. The van der Waals surface area contributed by atoms with Crippen LogP contribution in [0.2, 0.25) is 0 Å². The van der Waals surface area contributed by atoms with Crippen LogP contribution in [-0.2, 0) is 10.3 Å². The van der Waals surface area contributed by atoms with Gasteiger partial charge in [-0.15, -0.1) is 0 Å². The quantitative estimate of drug-likeness (QED) is 0.790. The average molecular weight is 320 g/mol. The van der Waals surface area contributed by atoms with Crippen molar-refractivity contribution in [3.8, 4) is 5.75 Å². The first-order valence-electron chi connectivity index (χ1n) is 4.99. The summed E-state index contributed by atoms with van der Waals surface area (Å²) < 4.78 is 12.1. The summed E-state index contributed by atoms with van der Waals surface area (Å²) in [6.45, 7) is 6.77. The second kappa shape index (κ2) is 5.16. The third-order valence-corrected chi connectivity index (χ3v) is 3.33. The van der Waals surface area contributed by atoms with Crippen molar-refractivity contribution in [1.82, 2.24) is 0 Å². The summed E-state index contributed by atoms with van der Waals surface area (Å²) in [5.74, 6) is 0.931. The first-order valence-corrected chi connectivity index (χ1v) is 6.07. The van der Waals surface area contributed by atoms with Crippen molar-refractivity contribution in [2.75, 3.05) is 13.7 Å². The molecule has 1 aromatic carbocycles. The molecule has 0 aliphatic carbocycles. The zero-order valence-corrected chi connectivity index (χ0v) is 11.8.